The van der Waals surface area contributed by atoms with Gasteiger partial charge in [-0.05, 0) is 6.42 Å². The first-order chi connectivity index (χ1) is 12.3. The highest BCUT2D eigenvalue weighted by atomic mass is 16.6. The van der Waals surface area contributed by atoms with Crippen molar-refractivity contribution in [1.82, 2.24) is 9.55 Å². The van der Waals surface area contributed by atoms with Crippen molar-refractivity contribution >= 4 is 17.9 Å². The molecule has 26 heavy (non-hydrogen) atoms. The lowest BCUT2D eigenvalue weighted by molar-refractivity contribution is -0.165. The molecule has 0 spiro atoms. The predicted octanol–water partition coefficient (Wildman–Crippen LogP) is 0.476. The van der Waals surface area contributed by atoms with Gasteiger partial charge in [-0.3, -0.25) is 0 Å². The lowest BCUT2D eigenvalue weighted by atomic mass is 9.87. The second kappa shape index (κ2) is 10.3. The van der Waals surface area contributed by atoms with Gasteiger partial charge in [-0.15, -0.1) is 0 Å². The minimum absolute atomic E-state index is 0.145. The van der Waals surface area contributed by atoms with Crippen LogP contribution in [0.3, 0.4) is 0 Å². The summed E-state index contributed by atoms with van der Waals surface area (Å²) in [7, 11) is 1.18. The number of aryl methyl sites for hydroxylation is 1. The fourth-order valence-electron chi connectivity index (χ4n) is 1.83. The number of esters is 3. The average molecular weight is 368 g/mol. The van der Waals surface area contributed by atoms with E-state index >= 15 is 0 Å². The fraction of sp³-hybridized carbons (Fsp3) is 0.529. The fourth-order valence-corrected chi connectivity index (χ4v) is 1.83. The SMILES string of the molecule is COC(=O)C=CC(=O)OCC(C)(C)C(O)C(=O)OCCCn1ccnc1. The molecule has 1 rings (SSSR count). The maximum atomic E-state index is 11.9. The quantitative estimate of drug-likeness (QED) is 0.274. The summed E-state index contributed by atoms with van der Waals surface area (Å²) in [5, 5.41) is 10.1. The Hall–Kier alpha value is -2.68. The summed E-state index contributed by atoms with van der Waals surface area (Å²) in [6, 6.07) is 0. The predicted molar refractivity (Wildman–Crippen MR) is 89.7 cm³/mol. The lowest BCUT2D eigenvalue weighted by Gasteiger charge is -2.28. The van der Waals surface area contributed by atoms with Crippen LogP contribution in [0.4, 0.5) is 0 Å². The molecule has 1 atom stereocenters. The van der Waals surface area contributed by atoms with E-state index in [2.05, 4.69) is 9.72 Å². The van der Waals surface area contributed by atoms with Crippen LogP contribution in [0.15, 0.2) is 30.9 Å². The number of aromatic nitrogens is 2. The summed E-state index contributed by atoms with van der Waals surface area (Å²) in [5.41, 5.74) is -1.06. The summed E-state index contributed by atoms with van der Waals surface area (Å²) in [4.78, 5) is 38.2. The van der Waals surface area contributed by atoms with Crippen molar-refractivity contribution in [2.24, 2.45) is 5.41 Å². The van der Waals surface area contributed by atoms with Gasteiger partial charge in [0.1, 0.15) is 0 Å². The molecule has 0 aliphatic carbocycles. The average Bonchev–Trinajstić information content (AvgIpc) is 3.14. The zero-order valence-electron chi connectivity index (χ0n) is 15.1. The molecule has 0 fully saturated rings. The highest BCUT2D eigenvalue weighted by molar-refractivity contribution is 5.91. The second-order valence-corrected chi connectivity index (χ2v) is 6.18. The van der Waals surface area contributed by atoms with Crippen molar-refractivity contribution in [1.29, 1.82) is 0 Å². The highest BCUT2D eigenvalue weighted by Crippen LogP contribution is 2.22. The number of ether oxygens (including phenoxy) is 3. The van der Waals surface area contributed by atoms with Crippen molar-refractivity contribution in [2.45, 2.75) is 32.9 Å². The normalized spacial score (nSPS) is 12.6. The van der Waals surface area contributed by atoms with E-state index in [1.165, 1.54) is 7.11 Å². The van der Waals surface area contributed by atoms with Crippen LogP contribution in [0.1, 0.15) is 20.3 Å². The smallest absolute Gasteiger partial charge is 0.335 e. The Morgan fingerprint density at radius 3 is 2.54 bits per heavy atom. The minimum Gasteiger partial charge on any atom is -0.466 e. The maximum absolute atomic E-state index is 11.9. The lowest BCUT2D eigenvalue weighted by Crippen LogP contribution is -2.41. The van der Waals surface area contributed by atoms with Crippen LogP contribution in [-0.2, 0) is 35.1 Å². The Labute approximate surface area is 151 Å². The number of aliphatic hydroxyl groups excluding tert-OH is 1. The van der Waals surface area contributed by atoms with E-state index in [9.17, 15) is 19.5 Å². The summed E-state index contributed by atoms with van der Waals surface area (Å²) in [5.74, 6) is -2.27. The van der Waals surface area contributed by atoms with Crippen molar-refractivity contribution in [3.8, 4) is 0 Å². The number of methoxy groups -OCH3 is 1. The van der Waals surface area contributed by atoms with Gasteiger partial charge < -0.3 is 23.9 Å². The van der Waals surface area contributed by atoms with Crippen molar-refractivity contribution in [2.75, 3.05) is 20.3 Å². The Morgan fingerprint density at radius 2 is 1.92 bits per heavy atom. The number of nitrogens with zero attached hydrogens (tertiary/aromatic N) is 2. The summed E-state index contributed by atoms with van der Waals surface area (Å²) >= 11 is 0. The Morgan fingerprint density at radius 1 is 1.23 bits per heavy atom. The topological polar surface area (TPSA) is 117 Å². The van der Waals surface area contributed by atoms with Gasteiger partial charge in [0.05, 0.1) is 26.7 Å². The number of hydrogen-bond donors (Lipinski definition) is 1. The number of carbonyl (C=O) groups excluding carboxylic acids is 3. The highest BCUT2D eigenvalue weighted by Gasteiger charge is 2.36. The summed E-state index contributed by atoms with van der Waals surface area (Å²) < 4.78 is 16.2. The van der Waals surface area contributed by atoms with Gasteiger partial charge in [0.25, 0.3) is 0 Å². The van der Waals surface area contributed by atoms with Crippen LogP contribution in [-0.4, -0.2) is 59.0 Å². The van der Waals surface area contributed by atoms with Crippen LogP contribution < -0.4 is 0 Å². The van der Waals surface area contributed by atoms with E-state index in [1.54, 1.807) is 32.6 Å². The van der Waals surface area contributed by atoms with Crippen LogP contribution in [0.5, 0.6) is 0 Å². The number of carbonyl (C=O) groups is 3. The first kappa shape index (κ1) is 21.4. The molecular formula is C17H24N2O7. The van der Waals surface area contributed by atoms with Gasteiger partial charge in [-0.25, -0.2) is 19.4 Å². The molecular weight excluding hydrogens is 344 g/mol. The molecule has 1 heterocycles. The molecule has 9 nitrogen and oxygen atoms in total. The zero-order valence-corrected chi connectivity index (χ0v) is 15.1. The molecule has 9 heteroatoms. The molecule has 1 aromatic rings. The van der Waals surface area contributed by atoms with Crippen LogP contribution in [0, 0.1) is 5.41 Å². The maximum Gasteiger partial charge on any atom is 0.335 e. The first-order valence-corrected chi connectivity index (χ1v) is 7.99. The Balaban J connectivity index is 2.36. The van der Waals surface area contributed by atoms with Gasteiger partial charge >= 0.3 is 17.9 Å². The van der Waals surface area contributed by atoms with E-state index in [1.807, 2.05) is 4.57 Å². The number of rotatable bonds is 10. The van der Waals surface area contributed by atoms with Gasteiger partial charge in [-0.1, -0.05) is 13.8 Å². The standard InChI is InChI=1S/C17H24N2O7/c1-17(2,11-26-14(21)6-5-13(20)24-3)15(22)16(23)25-10-4-8-19-9-7-18-12-19/h5-7,9,12,15,22H,4,8,10-11H2,1-3H3. The summed E-state index contributed by atoms with van der Waals surface area (Å²) in [6.07, 6.45) is 6.03. The van der Waals surface area contributed by atoms with Crippen LogP contribution in [0.2, 0.25) is 0 Å². The molecule has 0 saturated carbocycles. The molecule has 0 aliphatic heterocycles. The minimum atomic E-state index is -1.46. The third-order valence-electron chi connectivity index (χ3n) is 3.47. The first-order valence-electron chi connectivity index (χ1n) is 7.99. The molecule has 0 radical (unpaired) electrons. The third-order valence-corrected chi connectivity index (χ3v) is 3.47. The molecule has 0 aliphatic rings. The Bertz CT molecular complexity index is 623. The molecule has 0 saturated heterocycles. The van der Waals surface area contributed by atoms with Gasteiger partial charge in [0, 0.05) is 36.5 Å². The molecule has 0 amide bonds. The van der Waals surface area contributed by atoms with E-state index in [0.717, 1.165) is 12.2 Å². The molecule has 0 aromatic carbocycles. The van der Waals surface area contributed by atoms with E-state index < -0.39 is 29.4 Å². The number of hydrogen-bond acceptors (Lipinski definition) is 8. The van der Waals surface area contributed by atoms with Gasteiger partial charge in [0.2, 0.25) is 0 Å². The van der Waals surface area contributed by atoms with E-state index in [0.29, 0.717) is 13.0 Å². The van der Waals surface area contributed by atoms with Crippen molar-refractivity contribution < 1.29 is 33.7 Å². The summed E-state index contributed by atoms with van der Waals surface area (Å²) in [6.45, 7) is 3.66. The van der Waals surface area contributed by atoms with Crippen LogP contribution >= 0.6 is 0 Å². The van der Waals surface area contributed by atoms with Gasteiger partial charge in [-0.2, -0.15) is 0 Å². The van der Waals surface area contributed by atoms with Gasteiger partial charge in [0.15, 0.2) is 6.10 Å². The van der Waals surface area contributed by atoms with Crippen LogP contribution in [0.25, 0.3) is 0 Å². The largest absolute Gasteiger partial charge is 0.466 e. The molecule has 144 valence electrons. The monoisotopic (exact) mass is 368 g/mol. The Kier molecular flexibility index (Phi) is 8.50. The second-order valence-electron chi connectivity index (χ2n) is 6.18. The molecule has 1 unspecified atom stereocenters. The van der Waals surface area contributed by atoms with E-state index in [-0.39, 0.29) is 13.2 Å². The zero-order chi connectivity index (χ0) is 19.6. The van der Waals surface area contributed by atoms with Crippen molar-refractivity contribution in [3.05, 3.63) is 30.9 Å². The number of imidazole rings is 1. The van der Waals surface area contributed by atoms with E-state index in [4.69, 9.17) is 9.47 Å². The van der Waals surface area contributed by atoms with Crippen molar-refractivity contribution in [3.63, 3.8) is 0 Å². The third kappa shape index (κ3) is 7.47. The molecule has 1 aromatic heterocycles. The molecule has 1 N–H and O–H groups in total. The number of aliphatic hydroxyl groups is 1. The molecule has 0 bridgehead atoms.